The summed E-state index contributed by atoms with van der Waals surface area (Å²) in [5.74, 6) is -0.486. The lowest BCUT2D eigenvalue weighted by Crippen LogP contribution is -2.37. The van der Waals surface area contributed by atoms with Crippen LogP contribution in [0.5, 0.6) is 0 Å². The molecule has 1 fully saturated rings. The Morgan fingerprint density at radius 1 is 1.21 bits per heavy atom. The van der Waals surface area contributed by atoms with Crippen molar-refractivity contribution in [1.29, 1.82) is 0 Å². The van der Waals surface area contributed by atoms with E-state index in [9.17, 15) is 14.4 Å². The van der Waals surface area contributed by atoms with Gasteiger partial charge in [0.25, 0.3) is 0 Å². The molecule has 1 unspecified atom stereocenters. The number of Topliss-reactive ketones (excluding diaryl/α,β-unsaturated/α-hetero) is 1. The lowest BCUT2D eigenvalue weighted by atomic mass is 9.99. The van der Waals surface area contributed by atoms with Gasteiger partial charge >= 0.3 is 12.1 Å². The van der Waals surface area contributed by atoms with Crippen molar-refractivity contribution in [1.82, 2.24) is 4.90 Å². The molecule has 1 saturated heterocycles. The summed E-state index contributed by atoms with van der Waals surface area (Å²) in [5.41, 5.74) is 1.34. The van der Waals surface area contributed by atoms with Crippen molar-refractivity contribution in [3.05, 3.63) is 34.9 Å². The number of carbonyl (C=O) groups is 3. The number of carbonyl (C=O) groups excluding carboxylic acids is 3. The van der Waals surface area contributed by atoms with Gasteiger partial charge in [0.15, 0.2) is 5.78 Å². The smallest absolute Gasteiger partial charge is 0.411 e. The van der Waals surface area contributed by atoms with E-state index in [2.05, 4.69) is 0 Å². The number of hydrogen-bond donors (Lipinski definition) is 0. The molecule has 1 aliphatic rings. The number of nitrogens with zero attached hydrogens (tertiary/aromatic N) is 1. The summed E-state index contributed by atoms with van der Waals surface area (Å²) in [6, 6.07) is 4.81. The maximum absolute atomic E-state index is 12.4. The SMILES string of the molecule is COC(=O)c1cc(C)cc(C2CC(=O)CN2C(=O)OC(C)(C)C)c1. The number of likely N-dealkylation sites (tertiary alicyclic amines) is 1. The summed E-state index contributed by atoms with van der Waals surface area (Å²) in [6.45, 7) is 7.20. The number of ether oxygens (including phenoxy) is 2. The zero-order valence-electron chi connectivity index (χ0n) is 14.7. The number of ketones is 1. The molecule has 0 N–H and O–H groups in total. The summed E-state index contributed by atoms with van der Waals surface area (Å²) in [6.07, 6.45) is -0.317. The molecule has 1 atom stereocenters. The second kappa shape index (κ2) is 6.63. The van der Waals surface area contributed by atoms with Gasteiger partial charge in [-0.15, -0.1) is 0 Å². The van der Waals surface area contributed by atoms with Gasteiger partial charge in [0.2, 0.25) is 0 Å². The molecule has 0 saturated carbocycles. The maximum atomic E-state index is 12.4. The van der Waals surface area contributed by atoms with Gasteiger partial charge < -0.3 is 9.47 Å². The number of hydrogen-bond acceptors (Lipinski definition) is 5. The van der Waals surface area contributed by atoms with E-state index in [1.807, 2.05) is 13.0 Å². The van der Waals surface area contributed by atoms with Crippen LogP contribution < -0.4 is 0 Å². The maximum Gasteiger partial charge on any atom is 0.411 e. The molecule has 130 valence electrons. The fourth-order valence-corrected chi connectivity index (χ4v) is 2.74. The van der Waals surface area contributed by atoms with Crippen LogP contribution in [-0.4, -0.2) is 42.0 Å². The van der Waals surface area contributed by atoms with E-state index in [-0.39, 0.29) is 18.7 Å². The van der Waals surface area contributed by atoms with Crippen molar-refractivity contribution >= 4 is 17.8 Å². The Hall–Kier alpha value is -2.37. The van der Waals surface area contributed by atoms with Gasteiger partial charge in [-0.05, 0) is 51.0 Å². The number of benzene rings is 1. The number of methoxy groups -OCH3 is 1. The zero-order valence-corrected chi connectivity index (χ0v) is 14.7. The van der Waals surface area contributed by atoms with E-state index in [0.29, 0.717) is 5.56 Å². The normalized spacial score (nSPS) is 17.8. The molecule has 0 spiro atoms. The van der Waals surface area contributed by atoms with E-state index in [0.717, 1.165) is 11.1 Å². The van der Waals surface area contributed by atoms with Gasteiger partial charge in [-0.1, -0.05) is 6.07 Å². The van der Waals surface area contributed by atoms with E-state index in [1.165, 1.54) is 12.0 Å². The van der Waals surface area contributed by atoms with E-state index >= 15 is 0 Å². The molecule has 6 heteroatoms. The van der Waals surface area contributed by atoms with Gasteiger partial charge in [-0.25, -0.2) is 9.59 Å². The average molecular weight is 333 g/mol. The molecule has 6 nitrogen and oxygen atoms in total. The molecular formula is C18H23NO5. The van der Waals surface area contributed by atoms with Crippen LogP contribution in [0.15, 0.2) is 18.2 Å². The molecule has 2 rings (SSSR count). The Morgan fingerprint density at radius 3 is 2.46 bits per heavy atom. The Bertz CT molecular complexity index is 674. The van der Waals surface area contributed by atoms with Crippen LogP contribution in [-0.2, 0) is 14.3 Å². The number of esters is 1. The number of rotatable bonds is 2. The van der Waals surface area contributed by atoms with Crippen LogP contribution >= 0.6 is 0 Å². The van der Waals surface area contributed by atoms with Crippen molar-refractivity contribution in [2.24, 2.45) is 0 Å². The molecule has 1 heterocycles. The van der Waals surface area contributed by atoms with Crippen molar-refractivity contribution in [3.8, 4) is 0 Å². The minimum absolute atomic E-state index is 0.0150. The largest absolute Gasteiger partial charge is 0.465 e. The minimum Gasteiger partial charge on any atom is -0.465 e. The molecule has 0 aliphatic carbocycles. The summed E-state index contributed by atoms with van der Waals surface area (Å²) in [4.78, 5) is 37.6. The number of amides is 1. The third-order valence-corrected chi connectivity index (χ3v) is 3.68. The highest BCUT2D eigenvalue weighted by molar-refractivity contribution is 5.91. The zero-order chi connectivity index (χ0) is 18.1. The van der Waals surface area contributed by atoms with Crippen LogP contribution in [0.1, 0.15) is 54.7 Å². The predicted molar refractivity (Wildman–Crippen MR) is 87.8 cm³/mol. The van der Waals surface area contributed by atoms with Crippen LogP contribution in [0, 0.1) is 6.92 Å². The first-order valence-electron chi connectivity index (χ1n) is 7.82. The second-order valence-corrected chi connectivity index (χ2v) is 6.99. The van der Waals surface area contributed by atoms with Crippen molar-refractivity contribution < 1.29 is 23.9 Å². The lowest BCUT2D eigenvalue weighted by Gasteiger charge is -2.28. The topological polar surface area (TPSA) is 72.9 Å². The monoisotopic (exact) mass is 333 g/mol. The quantitative estimate of drug-likeness (QED) is 0.778. The molecule has 1 aromatic carbocycles. The first-order valence-corrected chi connectivity index (χ1v) is 7.82. The molecule has 0 radical (unpaired) electrons. The van der Waals surface area contributed by atoms with E-state index in [4.69, 9.17) is 9.47 Å². The number of aryl methyl sites for hydroxylation is 1. The van der Waals surface area contributed by atoms with Crippen LogP contribution in [0.3, 0.4) is 0 Å². The molecule has 1 aromatic rings. The highest BCUT2D eigenvalue weighted by atomic mass is 16.6. The molecular weight excluding hydrogens is 310 g/mol. The van der Waals surface area contributed by atoms with Gasteiger partial charge in [0, 0.05) is 6.42 Å². The van der Waals surface area contributed by atoms with Crippen molar-refractivity contribution in [3.63, 3.8) is 0 Å². The standard InChI is InChI=1S/C18H23NO5/c1-11-6-12(8-13(7-11)16(21)23-5)15-9-14(20)10-19(15)17(22)24-18(2,3)4/h6-8,15H,9-10H2,1-5H3. The average Bonchev–Trinajstić information content (AvgIpc) is 2.86. The van der Waals surface area contributed by atoms with Gasteiger partial charge in [0.1, 0.15) is 5.60 Å². The fourth-order valence-electron chi connectivity index (χ4n) is 2.74. The predicted octanol–water partition coefficient (Wildman–Crippen LogP) is 3.03. The summed E-state index contributed by atoms with van der Waals surface area (Å²) in [5, 5.41) is 0. The molecule has 0 bridgehead atoms. The Balaban J connectivity index is 2.35. The van der Waals surface area contributed by atoms with Crippen LogP contribution in [0.4, 0.5) is 4.79 Å². The first kappa shape index (κ1) is 18.0. The lowest BCUT2D eigenvalue weighted by molar-refractivity contribution is -0.117. The molecule has 1 aliphatic heterocycles. The minimum atomic E-state index is -0.642. The highest BCUT2D eigenvalue weighted by Gasteiger charge is 2.37. The Kier molecular flexibility index (Phi) is 4.96. The fraction of sp³-hybridized carbons (Fsp3) is 0.500. The molecule has 24 heavy (non-hydrogen) atoms. The molecule has 0 aromatic heterocycles. The van der Waals surface area contributed by atoms with Crippen molar-refractivity contribution in [2.75, 3.05) is 13.7 Å². The highest BCUT2D eigenvalue weighted by Crippen LogP contribution is 2.32. The van der Waals surface area contributed by atoms with Gasteiger partial charge in [-0.2, -0.15) is 0 Å². The van der Waals surface area contributed by atoms with Gasteiger partial charge in [-0.3, -0.25) is 9.69 Å². The van der Waals surface area contributed by atoms with E-state index in [1.54, 1.807) is 32.9 Å². The van der Waals surface area contributed by atoms with Crippen LogP contribution in [0.25, 0.3) is 0 Å². The summed E-state index contributed by atoms with van der Waals surface area (Å²) in [7, 11) is 1.32. The molecule has 1 amide bonds. The van der Waals surface area contributed by atoms with E-state index < -0.39 is 23.7 Å². The second-order valence-electron chi connectivity index (χ2n) is 6.99. The Labute approximate surface area is 141 Å². The third-order valence-electron chi connectivity index (χ3n) is 3.68. The van der Waals surface area contributed by atoms with Crippen molar-refractivity contribution in [2.45, 2.75) is 45.8 Å². The summed E-state index contributed by atoms with van der Waals surface area (Å²) >= 11 is 0. The Morgan fingerprint density at radius 2 is 1.88 bits per heavy atom. The summed E-state index contributed by atoms with van der Waals surface area (Å²) < 4.78 is 10.2. The van der Waals surface area contributed by atoms with Crippen LogP contribution in [0.2, 0.25) is 0 Å². The first-order chi connectivity index (χ1) is 11.1. The third kappa shape index (κ3) is 4.13. The van der Waals surface area contributed by atoms with Gasteiger partial charge in [0.05, 0.1) is 25.3 Å².